The van der Waals surface area contributed by atoms with Crippen LogP contribution in [0.3, 0.4) is 0 Å². The van der Waals surface area contributed by atoms with Crippen LogP contribution in [0.4, 0.5) is 4.79 Å². The number of carbonyl (C=O) groups excluding carboxylic acids is 1. The lowest BCUT2D eigenvalue weighted by molar-refractivity contribution is -0.137. The van der Waals surface area contributed by atoms with Crippen LogP contribution in [0, 0.1) is 5.92 Å². The van der Waals surface area contributed by atoms with E-state index < -0.39 is 5.97 Å². The molecular formula is C13H22N2O4. The van der Waals surface area contributed by atoms with E-state index in [9.17, 15) is 9.59 Å². The van der Waals surface area contributed by atoms with Gasteiger partial charge in [0.05, 0.1) is 0 Å². The van der Waals surface area contributed by atoms with Crippen molar-refractivity contribution in [1.29, 1.82) is 0 Å². The summed E-state index contributed by atoms with van der Waals surface area (Å²) in [6.07, 6.45) is 3.86. The van der Waals surface area contributed by atoms with E-state index in [0.717, 1.165) is 25.7 Å². The smallest absolute Gasteiger partial charge is 0.323 e. The van der Waals surface area contributed by atoms with Crippen LogP contribution >= 0.6 is 0 Å². The summed E-state index contributed by atoms with van der Waals surface area (Å²) >= 11 is 0. The Kier molecular flexibility index (Phi) is 4.63. The first kappa shape index (κ1) is 14.1. The second kappa shape index (κ2) is 6.23. The zero-order valence-corrected chi connectivity index (χ0v) is 11.4. The van der Waals surface area contributed by atoms with Crippen molar-refractivity contribution in [2.24, 2.45) is 5.92 Å². The SMILES string of the molecule is CN(C(=O)N(CC(=O)O)CC1CC1)C1CCOCC1. The number of rotatable bonds is 5. The average molecular weight is 270 g/mol. The highest BCUT2D eigenvalue weighted by Gasteiger charge is 2.31. The fraction of sp³-hybridized carbons (Fsp3) is 0.846. The lowest BCUT2D eigenvalue weighted by Crippen LogP contribution is -2.49. The van der Waals surface area contributed by atoms with Gasteiger partial charge in [-0.25, -0.2) is 4.79 Å². The molecule has 2 aliphatic rings. The van der Waals surface area contributed by atoms with Gasteiger partial charge in [0.1, 0.15) is 6.54 Å². The third-order valence-corrected chi connectivity index (χ3v) is 3.81. The summed E-state index contributed by atoms with van der Waals surface area (Å²) in [6.45, 7) is 1.70. The number of amides is 2. The van der Waals surface area contributed by atoms with E-state index in [1.807, 2.05) is 0 Å². The third-order valence-electron chi connectivity index (χ3n) is 3.81. The van der Waals surface area contributed by atoms with Gasteiger partial charge in [-0.05, 0) is 31.6 Å². The summed E-state index contributed by atoms with van der Waals surface area (Å²) in [6, 6.07) is -0.00190. The summed E-state index contributed by atoms with van der Waals surface area (Å²) in [7, 11) is 1.76. The average Bonchev–Trinajstić information content (AvgIpc) is 3.21. The Labute approximate surface area is 113 Å². The first-order chi connectivity index (χ1) is 9.08. The van der Waals surface area contributed by atoms with Gasteiger partial charge in [-0.2, -0.15) is 0 Å². The summed E-state index contributed by atoms with van der Waals surface area (Å²) in [5.74, 6) is -0.458. The second-order valence-electron chi connectivity index (χ2n) is 5.45. The number of carbonyl (C=O) groups is 2. The number of urea groups is 1. The van der Waals surface area contributed by atoms with E-state index in [1.54, 1.807) is 11.9 Å². The van der Waals surface area contributed by atoms with Crippen molar-refractivity contribution in [3.8, 4) is 0 Å². The number of aliphatic carboxylic acids is 1. The van der Waals surface area contributed by atoms with E-state index >= 15 is 0 Å². The van der Waals surface area contributed by atoms with Crippen LogP contribution in [0.25, 0.3) is 0 Å². The largest absolute Gasteiger partial charge is 0.480 e. The predicted molar refractivity (Wildman–Crippen MR) is 68.9 cm³/mol. The molecule has 0 radical (unpaired) electrons. The molecule has 1 heterocycles. The molecule has 1 aliphatic carbocycles. The highest BCUT2D eigenvalue weighted by Crippen LogP contribution is 2.30. The zero-order chi connectivity index (χ0) is 13.8. The lowest BCUT2D eigenvalue weighted by Gasteiger charge is -2.34. The van der Waals surface area contributed by atoms with E-state index in [0.29, 0.717) is 25.7 Å². The first-order valence-electron chi connectivity index (χ1n) is 6.89. The van der Waals surface area contributed by atoms with Crippen molar-refractivity contribution in [1.82, 2.24) is 9.80 Å². The van der Waals surface area contributed by atoms with Crippen molar-refractivity contribution < 1.29 is 19.4 Å². The normalized spacial score (nSPS) is 20.1. The molecule has 0 unspecified atom stereocenters. The number of hydrogen-bond acceptors (Lipinski definition) is 3. The molecule has 2 fully saturated rings. The van der Waals surface area contributed by atoms with Crippen LogP contribution in [-0.4, -0.2) is 66.3 Å². The van der Waals surface area contributed by atoms with Crippen LogP contribution in [-0.2, 0) is 9.53 Å². The minimum atomic E-state index is -0.950. The maximum absolute atomic E-state index is 12.4. The molecule has 6 nitrogen and oxygen atoms in total. The molecule has 0 aromatic heterocycles. The minimum Gasteiger partial charge on any atom is -0.480 e. The van der Waals surface area contributed by atoms with Gasteiger partial charge in [0, 0.05) is 32.8 Å². The number of carboxylic acid groups (broad SMARTS) is 1. The molecule has 0 aromatic rings. The molecule has 1 aliphatic heterocycles. The fourth-order valence-corrected chi connectivity index (χ4v) is 2.44. The third kappa shape index (κ3) is 4.09. The number of carboxylic acids is 1. The number of ether oxygens (including phenoxy) is 1. The summed E-state index contributed by atoms with van der Waals surface area (Å²) in [5.41, 5.74) is 0. The molecule has 0 atom stereocenters. The Morgan fingerprint density at radius 2 is 1.84 bits per heavy atom. The first-order valence-corrected chi connectivity index (χ1v) is 6.89. The topological polar surface area (TPSA) is 70.1 Å². The molecule has 0 bridgehead atoms. The number of hydrogen-bond donors (Lipinski definition) is 1. The minimum absolute atomic E-state index is 0.164. The monoisotopic (exact) mass is 270 g/mol. The highest BCUT2D eigenvalue weighted by atomic mass is 16.5. The lowest BCUT2D eigenvalue weighted by atomic mass is 10.1. The molecule has 1 saturated carbocycles. The second-order valence-corrected chi connectivity index (χ2v) is 5.45. The maximum Gasteiger partial charge on any atom is 0.323 e. The summed E-state index contributed by atoms with van der Waals surface area (Å²) in [5, 5.41) is 8.93. The van der Waals surface area contributed by atoms with Crippen LogP contribution in [0.15, 0.2) is 0 Å². The molecule has 0 spiro atoms. The summed E-state index contributed by atoms with van der Waals surface area (Å²) in [4.78, 5) is 26.4. The van der Waals surface area contributed by atoms with Crippen molar-refractivity contribution in [3.63, 3.8) is 0 Å². The van der Waals surface area contributed by atoms with Crippen molar-refractivity contribution in [3.05, 3.63) is 0 Å². The Bertz CT molecular complexity index is 338. The van der Waals surface area contributed by atoms with E-state index in [-0.39, 0.29) is 18.6 Å². The van der Waals surface area contributed by atoms with Crippen LogP contribution in [0.2, 0.25) is 0 Å². The standard InChI is InChI=1S/C13H22N2O4/c1-14(11-4-6-19-7-5-11)13(18)15(9-12(16)17)8-10-2-3-10/h10-11H,2-9H2,1H3,(H,16,17). The Hall–Kier alpha value is -1.30. The van der Waals surface area contributed by atoms with Gasteiger partial charge in [-0.1, -0.05) is 0 Å². The predicted octanol–water partition coefficient (Wildman–Crippen LogP) is 1.01. The van der Waals surface area contributed by atoms with Gasteiger partial charge in [0.25, 0.3) is 0 Å². The van der Waals surface area contributed by atoms with Gasteiger partial charge in [-0.15, -0.1) is 0 Å². The Morgan fingerprint density at radius 1 is 1.21 bits per heavy atom. The van der Waals surface area contributed by atoms with Gasteiger partial charge in [-0.3, -0.25) is 4.79 Å². The van der Waals surface area contributed by atoms with Gasteiger partial charge in [0.15, 0.2) is 0 Å². The molecule has 19 heavy (non-hydrogen) atoms. The van der Waals surface area contributed by atoms with E-state index in [4.69, 9.17) is 9.84 Å². The van der Waals surface area contributed by atoms with Crippen molar-refractivity contribution >= 4 is 12.0 Å². The Balaban J connectivity index is 1.93. The number of nitrogens with zero attached hydrogens (tertiary/aromatic N) is 2. The molecule has 108 valence electrons. The van der Waals surface area contributed by atoms with Gasteiger partial charge < -0.3 is 19.6 Å². The van der Waals surface area contributed by atoms with Crippen molar-refractivity contribution in [2.75, 3.05) is 33.4 Å². The molecule has 6 heteroatoms. The molecule has 1 saturated heterocycles. The van der Waals surface area contributed by atoms with E-state index in [1.165, 1.54) is 4.90 Å². The fourth-order valence-electron chi connectivity index (χ4n) is 2.44. The highest BCUT2D eigenvalue weighted by molar-refractivity contribution is 5.80. The quantitative estimate of drug-likeness (QED) is 0.809. The van der Waals surface area contributed by atoms with Crippen LogP contribution in [0.5, 0.6) is 0 Å². The van der Waals surface area contributed by atoms with Crippen LogP contribution in [0.1, 0.15) is 25.7 Å². The van der Waals surface area contributed by atoms with E-state index in [2.05, 4.69) is 0 Å². The Morgan fingerprint density at radius 3 is 2.37 bits per heavy atom. The maximum atomic E-state index is 12.4. The van der Waals surface area contributed by atoms with Gasteiger partial charge >= 0.3 is 12.0 Å². The molecule has 1 N–H and O–H groups in total. The zero-order valence-electron chi connectivity index (χ0n) is 11.4. The van der Waals surface area contributed by atoms with Gasteiger partial charge in [0.2, 0.25) is 0 Å². The molecule has 2 rings (SSSR count). The van der Waals surface area contributed by atoms with Crippen molar-refractivity contribution in [2.45, 2.75) is 31.7 Å². The summed E-state index contributed by atoms with van der Waals surface area (Å²) < 4.78 is 5.28. The molecule has 2 amide bonds. The molecule has 0 aromatic carbocycles. The van der Waals surface area contributed by atoms with Crippen LogP contribution < -0.4 is 0 Å². The molecular weight excluding hydrogens is 248 g/mol.